The van der Waals surface area contributed by atoms with Gasteiger partial charge in [0.2, 0.25) is 0 Å². The Labute approximate surface area is 91.8 Å². The third-order valence-corrected chi connectivity index (χ3v) is 3.84. The van der Waals surface area contributed by atoms with Gasteiger partial charge in [-0.2, -0.15) is 0 Å². The predicted molar refractivity (Wildman–Crippen MR) is 58.9 cm³/mol. The fourth-order valence-electron chi connectivity index (χ4n) is 2.83. The van der Waals surface area contributed by atoms with Crippen molar-refractivity contribution in [3.8, 4) is 0 Å². The summed E-state index contributed by atoms with van der Waals surface area (Å²) in [7, 11) is 0. The summed E-state index contributed by atoms with van der Waals surface area (Å²) < 4.78 is 5.60. The van der Waals surface area contributed by atoms with Crippen LogP contribution in [0.5, 0.6) is 0 Å². The Bertz CT molecular complexity index is 234. The minimum atomic E-state index is 0.211. The zero-order valence-electron chi connectivity index (χ0n) is 9.63. The first-order valence-electron chi connectivity index (χ1n) is 6.11. The standard InChI is InChI=1S/C12H21NO2/c1-2-11(14)9-13-7-8-15-10-12(13)5-3-4-6-12/h2-10H2,1H3. The van der Waals surface area contributed by atoms with Crippen molar-refractivity contribution in [3.05, 3.63) is 0 Å². The van der Waals surface area contributed by atoms with Crippen molar-refractivity contribution >= 4 is 5.78 Å². The molecule has 0 amide bonds. The van der Waals surface area contributed by atoms with Crippen molar-refractivity contribution in [3.63, 3.8) is 0 Å². The van der Waals surface area contributed by atoms with Crippen LogP contribution in [0.15, 0.2) is 0 Å². The van der Waals surface area contributed by atoms with Crippen LogP contribution in [0.2, 0.25) is 0 Å². The molecule has 0 radical (unpaired) electrons. The smallest absolute Gasteiger partial charge is 0.146 e. The van der Waals surface area contributed by atoms with Crippen LogP contribution >= 0.6 is 0 Å². The number of carbonyl (C=O) groups excluding carboxylic acids is 1. The summed E-state index contributed by atoms with van der Waals surface area (Å²) in [4.78, 5) is 13.9. The van der Waals surface area contributed by atoms with Gasteiger partial charge in [-0.3, -0.25) is 9.69 Å². The van der Waals surface area contributed by atoms with Crippen LogP contribution in [-0.4, -0.2) is 42.5 Å². The van der Waals surface area contributed by atoms with Crippen LogP contribution in [0.25, 0.3) is 0 Å². The summed E-state index contributed by atoms with van der Waals surface area (Å²) in [5.41, 5.74) is 0.211. The highest BCUT2D eigenvalue weighted by Crippen LogP contribution is 2.37. The summed E-state index contributed by atoms with van der Waals surface area (Å²) in [6.45, 7) is 5.15. The summed E-state index contributed by atoms with van der Waals surface area (Å²) in [6.07, 6.45) is 5.67. The van der Waals surface area contributed by atoms with E-state index in [1.807, 2.05) is 6.92 Å². The van der Waals surface area contributed by atoms with E-state index in [0.717, 1.165) is 19.8 Å². The van der Waals surface area contributed by atoms with E-state index in [-0.39, 0.29) is 5.54 Å². The molecule has 2 fully saturated rings. The summed E-state index contributed by atoms with van der Waals surface area (Å²) in [5.74, 6) is 0.364. The van der Waals surface area contributed by atoms with Gasteiger partial charge in [0.25, 0.3) is 0 Å². The Morgan fingerprint density at radius 2 is 2.13 bits per heavy atom. The van der Waals surface area contributed by atoms with Gasteiger partial charge < -0.3 is 4.74 Å². The van der Waals surface area contributed by atoms with Gasteiger partial charge in [-0.05, 0) is 12.8 Å². The first kappa shape index (κ1) is 11.1. The van der Waals surface area contributed by atoms with Crippen LogP contribution in [0, 0.1) is 0 Å². The molecule has 86 valence electrons. The highest BCUT2D eigenvalue weighted by Gasteiger charge is 2.42. The van der Waals surface area contributed by atoms with E-state index in [1.165, 1.54) is 25.7 Å². The zero-order chi connectivity index (χ0) is 10.7. The topological polar surface area (TPSA) is 29.5 Å². The molecule has 3 heteroatoms. The lowest BCUT2D eigenvalue weighted by Gasteiger charge is -2.44. The number of hydrogen-bond donors (Lipinski definition) is 0. The van der Waals surface area contributed by atoms with Crippen molar-refractivity contribution < 1.29 is 9.53 Å². The lowest BCUT2D eigenvalue weighted by molar-refractivity contribution is -0.126. The molecule has 0 aromatic rings. The number of hydrogen-bond acceptors (Lipinski definition) is 3. The minimum absolute atomic E-state index is 0.211. The van der Waals surface area contributed by atoms with E-state index in [1.54, 1.807) is 0 Å². The molecule has 0 aromatic heterocycles. The van der Waals surface area contributed by atoms with Crippen LogP contribution < -0.4 is 0 Å². The maximum atomic E-state index is 11.5. The van der Waals surface area contributed by atoms with Crippen molar-refractivity contribution in [2.45, 2.75) is 44.6 Å². The average Bonchev–Trinajstić information content (AvgIpc) is 2.71. The van der Waals surface area contributed by atoms with E-state index in [9.17, 15) is 4.79 Å². The molecule has 1 spiro atoms. The number of ketones is 1. The molecule has 0 unspecified atom stereocenters. The minimum Gasteiger partial charge on any atom is -0.378 e. The second kappa shape index (κ2) is 4.62. The van der Waals surface area contributed by atoms with Crippen molar-refractivity contribution in [2.24, 2.45) is 0 Å². The molecule has 0 bridgehead atoms. The van der Waals surface area contributed by atoms with Crippen molar-refractivity contribution in [1.82, 2.24) is 4.90 Å². The fourth-order valence-corrected chi connectivity index (χ4v) is 2.83. The molecule has 2 rings (SSSR count). The number of Topliss-reactive ketones (excluding diaryl/α,β-unsaturated/α-hetero) is 1. The normalized spacial score (nSPS) is 25.9. The Balaban J connectivity index is 2.02. The summed E-state index contributed by atoms with van der Waals surface area (Å²) in [5, 5.41) is 0. The highest BCUT2D eigenvalue weighted by molar-refractivity contribution is 5.80. The monoisotopic (exact) mass is 211 g/mol. The quantitative estimate of drug-likeness (QED) is 0.710. The van der Waals surface area contributed by atoms with Crippen LogP contribution in [0.1, 0.15) is 39.0 Å². The molecule has 1 heterocycles. The number of morpholine rings is 1. The predicted octanol–water partition coefficient (Wildman–Crippen LogP) is 1.61. The van der Waals surface area contributed by atoms with E-state index < -0.39 is 0 Å². The van der Waals surface area contributed by atoms with Gasteiger partial charge in [-0.15, -0.1) is 0 Å². The van der Waals surface area contributed by atoms with Crippen LogP contribution in [-0.2, 0) is 9.53 Å². The Hall–Kier alpha value is -0.410. The maximum Gasteiger partial charge on any atom is 0.146 e. The largest absolute Gasteiger partial charge is 0.378 e. The average molecular weight is 211 g/mol. The molecule has 15 heavy (non-hydrogen) atoms. The lowest BCUT2D eigenvalue weighted by atomic mass is 9.94. The SMILES string of the molecule is CCC(=O)CN1CCOCC12CCCC2. The highest BCUT2D eigenvalue weighted by atomic mass is 16.5. The number of ether oxygens (including phenoxy) is 1. The first-order valence-corrected chi connectivity index (χ1v) is 6.11. The Morgan fingerprint density at radius 3 is 2.80 bits per heavy atom. The molecule has 1 saturated heterocycles. The summed E-state index contributed by atoms with van der Waals surface area (Å²) >= 11 is 0. The van der Waals surface area contributed by atoms with E-state index in [2.05, 4.69) is 4.90 Å². The van der Waals surface area contributed by atoms with Crippen molar-refractivity contribution in [2.75, 3.05) is 26.3 Å². The number of nitrogens with zero attached hydrogens (tertiary/aromatic N) is 1. The van der Waals surface area contributed by atoms with E-state index >= 15 is 0 Å². The van der Waals surface area contributed by atoms with Gasteiger partial charge in [-0.25, -0.2) is 0 Å². The Kier molecular flexibility index (Phi) is 3.42. The van der Waals surface area contributed by atoms with Gasteiger partial charge in [-0.1, -0.05) is 19.8 Å². The molecule has 1 aliphatic carbocycles. The zero-order valence-corrected chi connectivity index (χ0v) is 9.63. The first-order chi connectivity index (χ1) is 7.27. The molecule has 0 aromatic carbocycles. The third-order valence-electron chi connectivity index (χ3n) is 3.84. The second-order valence-electron chi connectivity index (χ2n) is 4.80. The van der Waals surface area contributed by atoms with Gasteiger partial charge in [0.05, 0.1) is 19.8 Å². The molecular weight excluding hydrogens is 190 g/mol. The lowest BCUT2D eigenvalue weighted by Crippen LogP contribution is -2.56. The van der Waals surface area contributed by atoms with E-state index in [4.69, 9.17) is 4.74 Å². The third kappa shape index (κ3) is 2.23. The molecular formula is C12H21NO2. The molecule has 1 saturated carbocycles. The molecule has 3 nitrogen and oxygen atoms in total. The van der Waals surface area contributed by atoms with E-state index in [0.29, 0.717) is 18.7 Å². The molecule has 2 aliphatic rings. The van der Waals surface area contributed by atoms with Crippen LogP contribution in [0.4, 0.5) is 0 Å². The fraction of sp³-hybridized carbons (Fsp3) is 0.917. The van der Waals surface area contributed by atoms with Gasteiger partial charge in [0.15, 0.2) is 0 Å². The van der Waals surface area contributed by atoms with Crippen molar-refractivity contribution in [1.29, 1.82) is 0 Å². The van der Waals surface area contributed by atoms with Gasteiger partial charge in [0.1, 0.15) is 5.78 Å². The molecule has 0 N–H and O–H groups in total. The number of carbonyl (C=O) groups is 1. The maximum absolute atomic E-state index is 11.5. The molecule has 0 atom stereocenters. The summed E-state index contributed by atoms with van der Waals surface area (Å²) in [6, 6.07) is 0. The van der Waals surface area contributed by atoms with Gasteiger partial charge >= 0.3 is 0 Å². The molecule has 1 aliphatic heterocycles. The van der Waals surface area contributed by atoms with Gasteiger partial charge in [0, 0.05) is 18.5 Å². The second-order valence-corrected chi connectivity index (χ2v) is 4.80. The van der Waals surface area contributed by atoms with Crippen LogP contribution in [0.3, 0.4) is 0 Å². The Morgan fingerprint density at radius 1 is 1.40 bits per heavy atom. The number of rotatable bonds is 3.